The maximum absolute atomic E-state index is 12.8. The Morgan fingerprint density at radius 1 is 1.04 bits per heavy atom. The van der Waals surface area contributed by atoms with Gasteiger partial charge >= 0.3 is 0 Å². The molecule has 4 rings (SSSR count). The number of carbonyl (C=O) groups excluding carboxylic acids is 3. The number of nitrogens with one attached hydrogen (secondary N) is 1. The molecule has 0 saturated heterocycles. The molecule has 1 N–H and O–H groups in total. The molecule has 26 heavy (non-hydrogen) atoms. The summed E-state index contributed by atoms with van der Waals surface area (Å²) in [5.74, 6) is 0.393. The summed E-state index contributed by atoms with van der Waals surface area (Å²) in [6.45, 7) is 0.498. The van der Waals surface area contributed by atoms with Crippen LogP contribution in [0.2, 0.25) is 0 Å². The van der Waals surface area contributed by atoms with Gasteiger partial charge in [0.1, 0.15) is 5.78 Å². The first-order valence-corrected chi connectivity index (χ1v) is 9.72. The van der Waals surface area contributed by atoms with Crippen LogP contribution in [0, 0.1) is 0 Å². The number of ketones is 2. The van der Waals surface area contributed by atoms with E-state index in [1.165, 1.54) is 31.2 Å². The Labute approximate surface area is 154 Å². The van der Waals surface area contributed by atoms with Crippen molar-refractivity contribution >= 4 is 17.5 Å². The smallest absolute Gasteiger partial charge is 0.255 e. The zero-order valence-corrected chi connectivity index (χ0v) is 15.3. The third-order valence-corrected chi connectivity index (χ3v) is 6.38. The molecule has 1 amide bonds. The quantitative estimate of drug-likeness (QED) is 0.847. The summed E-state index contributed by atoms with van der Waals surface area (Å²) in [5.41, 5.74) is 3.08. The van der Waals surface area contributed by atoms with Crippen LogP contribution in [0.25, 0.3) is 0 Å². The number of nitrogens with zero attached hydrogens (tertiary/aromatic N) is 1. The van der Waals surface area contributed by atoms with E-state index < -0.39 is 6.04 Å². The van der Waals surface area contributed by atoms with Crippen LogP contribution in [-0.2, 0) is 16.1 Å². The minimum atomic E-state index is -0.429. The molecule has 0 radical (unpaired) electrons. The fourth-order valence-corrected chi connectivity index (χ4v) is 4.77. The molecule has 5 heteroatoms. The maximum Gasteiger partial charge on any atom is 0.255 e. The minimum absolute atomic E-state index is 0.00475. The molecule has 2 fully saturated rings. The van der Waals surface area contributed by atoms with Gasteiger partial charge in [0.2, 0.25) is 0 Å². The van der Waals surface area contributed by atoms with Crippen molar-refractivity contribution in [2.24, 2.45) is 0 Å². The van der Waals surface area contributed by atoms with Crippen LogP contribution in [0.5, 0.6) is 0 Å². The Morgan fingerprint density at radius 3 is 2.50 bits per heavy atom. The monoisotopic (exact) mass is 354 g/mol. The van der Waals surface area contributed by atoms with Gasteiger partial charge in [0.05, 0.1) is 12.5 Å². The number of carbonyl (C=O) groups is 3. The van der Waals surface area contributed by atoms with Crippen molar-refractivity contribution in [2.75, 3.05) is 7.05 Å². The van der Waals surface area contributed by atoms with Crippen molar-refractivity contribution < 1.29 is 14.4 Å². The van der Waals surface area contributed by atoms with E-state index >= 15 is 0 Å². The highest BCUT2D eigenvalue weighted by Crippen LogP contribution is 2.36. The van der Waals surface area contributed by atoms with Gasteiger partial charge in [0, 0.05) is 24.6 Å². The van der Waals surface area contributed by atoms with Crippen LogP contribution in [-0.4, -0.2) is 41.5 Å². The van der Waals surface area contributed by atoms with Crippen LogP contribution in [0.1, 0.15) is 72.3 Å². The van der Waals surface area contributed by atoms with E-state index in [1.54, 1.807) is 4.90 Å². The maximum atomic E-state index is 12.8. The van der Waals surface area contributed by atoms with Crippen LogP contribution in [0.15, 0.2) is 18.2 Å². The first kappa shape index (κ1) is 17.4. The van der Waals surface area contributed by atoms with Crippen molar-refractivity contribution in [3.05, 3.63) is 34.9 Å². The predicted molar refractivity (Wildman–Crippen MR) is 98.0 cm³/mol. The largest absolute Gasteiger partial charge is 0.324 e. The van der Waals surface area contributed by atoms with E-state index in [9.17, 15) is 14.4 Å². The Kier molecular flexibility index (Phi) is 4.65. The van der Waals surface area contributed by atoms with E-state index in [0.29, 0.717) is 31.3 Å². The first-order chi connectivity index (χ1) is 12.6. The lowest BCUT2D eigenvalue weighted by atomic mass is 9.81. The fraction of sp³-hybridized carbons (Fsp3) is 0.571. The second-order valence-electron chi connectivity index (χ2n) is 7.92. The average molecular weight is 354 g/mol. The molecule has 138 valence electrons. The number of fused-ring (bicyclic) bond motifs is 1. The molecular formula is C21H26N2O3. The summed E-state index contributed by atoms with van der Waals surface area (Å²) in [6.07, 6.45) is 5.57. The van der Waals surface area contributed by atoms with E-state index in [1.807, 2.05) is 13.1 Å². The third-order valence-electron chi connectivity index (χ3n) is 6.38. The standard InChI is InChI=1S/C21H26N2O3/c1-22-16-5-2-13(3-6-16)14-4-8-18-15(10-14)12-23(21(18)26)19-9-7-17(24)11-20(19)25/h4,8,10,13,16,19,22H,2-3,5-7,9,11-12H2,1H3/t13?,16?,19-/m0/s1. The number of hydrogen-bond donors (Lipinski definition) is 1. The fourth-order valence-electron chi connectivity index (χ4n) is 4.77. The zero-order valence-electron chi connectivity index (χ0n) is 15.3. The van der Waals surface area contributed by atoms with Gasteiger partial charge in [-0.05, 0) is 62.3 Å². The van der Waals surface area contributed by atoms with Crippen molar-refractivity contribution in [1.82, 2.24) is 10.2 Å². The molecule has 5 nitrogen and oxygen atoms in total. The van der Waals surface area contributed by atoms with Crippen LogP contribution in [0.3, 0.4) is 0 Å². The van der Waals surface area contributed by atoms with Crippen LogP contribution >= 0.6 is 0 Å². The topological polar surface area (TPSA) is 66.5 Å². The molecule has 3 aliphatic rings. The molecule has 1 atom stereocenters. The van der Waals surface area contributed by atoms with E-state index in [2.05, 4.69) is 17.4 Å². The molecule has 1 heterocycles. The normalized spacial score (nSPS) is 29.2. The molecule has 2 saturated carbocycles. The molecule has 0 aromatic heterocycles. The lowest BCUT2D eigenvalue weighted by Gasteiger charge is -2.29. The second kappa shape index (κ2) is 6.95. The molecular weight excluding hydrogens is 328 g/mol. The highest BCUT2D eigenvalue weighted by molar-refractivity contribution is 6.07. The summed E-state index contributed by atoms with van der Waals surface area (Å²) in [7, 11) is 2.03. The Hall–Kier alpha value is -2.01. The molecule has 1 aliphatic heterocycles. The van der Waals surface area contributed by atoms with Gasteiger partial charge in [0.25, 0.3) is 5.91 Å². The number of amides is 1. The third kappa shape index (κ3) is 3.09. The van der Waals surface area contributed by atoms with E-state index in [4.69, 9.17) is 0 Å². The lowest BCUT2D eigenvalue weighted by Crippen LogP contribution is -2.44. The number of benzene rings is 1. The SMILES string of the molecule is CNC1CCC(c2ccc3c(c2)CN([C@H]2CCC(=O)CC2=O)C3=O)CC1. The molecule has 0 bridgehead atoms. The van der Waals surface area contributed by atoms with Crippen LogP contribution < -0.4 is 5.32 Å². The van der Waals surface area contributed by atoms with Crippen LogP contribution in [0.4, 0.5) is 0 Å². The zero-order chi connectivity index (χ0) is 18.3. The van der Waals surface area contributed by atoms with Crippen molar-refractivity contribution in [3.8, 4) is 0 Å². The summed E-state index contributed by atoms with van der Waals surface area (Å²) in [6, 6.07) is 6.41. The summed E-state index contributed by atoms with van der Waals surface area (Å²) in [4.78, 5) is 38.2. The second-order valence-corrected chi connectivity index (χ2v) is 7.92. The van der Waals surface area contributed by atoms with Gasteiger partial charge in [-0.3, -0.25) is 14.4 Å². The Morgan fingerprint density at radius 2 is 1.81 bits per heavy atom. The van der Waals surface area contributed by atoms with Crippen molar-refractivity contribution in [1.29, 1.82) is 0 Å². The van der Waals surface area contributed by atoms with Gasteiger partial charge in [-0.2, -0.15) is 0 Å². The Bertz CT molecular complexity index is 750. The molecule has 2 aliphatic carbocycles. The average Bonchev–Trinajstić information content (AvgIpc) is 2.98. The predicted octanol–water partition coefficient (Wildman–Crippen LogP) is 2.58. The van der Waals surface area contributed by atoms with E-state index in [-0.39, 0.29) is 23.9 Å². The number of hydrogen-bond acceptors (Lipinski definition) is 4. The number of rotatable bonds is 3. The minimum Gasteiger partial charge on any atom is -0.324 e. The molecule has 1 aromatic carbocycles. The van der Waals surface area contributed by atoms with Gasteiger partial charge in [0.15, 0.2) is 5.78 Å². The number of Topliss-reactive ketones (excluding diaryl/α,β-unsaturated/α-hetero) is 2. The van der Waals surface area contributed by atoms with Gasteiger partial charge in [-0.1, -0.05) is 12.1 Å². The van der Waals surface area contributed by atoms with Gasteiger partial charge in [-0.15, -0.1) is 0 Å². The first-order valence-electron chi connectivity index (χ1n) is 9.72. The highest BCUT2D eigenvalue weighted by atomic mass is 16.2. The van der Waals surface area contributed by atoms with Gasteiger partial charge < -0.3 is 10.2 Å². The summed E-state index contributed by atoms with van der Waals surface area (Å²) >= 11 is 0. The summed E-state index contributed by atoms with van der Waals surface area (Å²) in [5, 5.41) is 3.37. The lowest BCUT2D eigenvalue weighted by molar-refractivity contribution is -0.133. The molecule has 0 unspecified atom stereocenters. The highest BCUT2D eigenvalue weighted by Gasteiger charge is 2.39. The summed E-state index contributed by atoms with van der Waals surface area (Å²) < 4.78 is 0. The molecule has 0 spiro atoms. The van der Waals surface area contributed by atoms with Gasteiger partial charge in [-0.25, -0.2) is 0 Å². The van der Waals surface area contributed by atoms with E-state index in [0.717, 1.165) is 11.1 Å². The molecule has 1 aromatic rings. The Balaban J connectivity index is 1.50. The van der Waals surface area contributed by atoms with Crippen molar-refractivity contribution in [3.63, 3.8) is 0 Å². The van der Waals surface area contributed by atoms with Crippen molar-refractivity contribution in [2.45, 2.75) is 69.5 Å².